The van der Waals surface area contributed by atoms with Gasteiger partial charge >= 0.3 is 0 Å². The van der Waals surface area contributed by atoms with Gasteiger partial charge in [0.25, 0.3) is 5.91 Å². The second kappa shape index (κ2) is 14.1. The molecule has 0 atom stereocenters. The lowest BCUT2D eigenvalue weighted by molar-refractivity contribution is -0.116. The number of rotatable bonds is 12. The normalized spacial score (nSPS) is 17.8. The van der Waals surface area contributed by atoms with E-state index in [4.69, 9.17) is 21.3 Å². The molecule has 14 heteroatoms. The summed E-state index contributed by atoms with van der Waals surface area (Å²) < 4.78 is 5.49. The predicted molar refractivity (Wildman–Crippen MR) is 124 cm³/mol. The Labute approximate surface area is 195 Å². The van der Waals surface area contributed by atoms with Gasteiger partial charge in [-0.2, -0.15) is 0 Å². The SMILES string of the molecule is CC/C(N=O)=C(\C(=O)N[C@H]1CC[C@@H](OCN=[N+]=[N-])CC1)c1cc(CN=[N+]=[N-])ccc1CN=[N+]=[N-]. The fraction of sp³-hybridized carbons (Fsp3) is 0.550. The average Bonchev–Trinajstić information content (AvgIpc) is 2.86. The quantitative estimate of drug-likeness (QED) is 0.130. The van der Waals surface area contributed by atoms with Gasteiger partial charge in [-0.05, 0) is 70.6 Å². The van der Waals surface area contributed by atoms with E-state index in [1.165, 1.54) is 0 Å². The Bertz CT molecular complexity index is 1060. The van der Waals surface area contributed by atoms with Gasteiger partial charge < -0.3 is 10.1 Å². The van der Waals surface area contributed by atoms with Crippen molar-refractivity contribution in [3.8, 4) is 0 Å². The minimum Gasteiger partial charge on any atom is -0.372 e. The molecule has 0 spiro atoms. The first-order valence-corrected chi connectivity index (χ1v) is 10.7. The van der Waals surface area contributed by atoms with Crippen molar-refractivity contribution in [1.82, 2.24) is 5.32 Å². The molecule has 0 saturated heterocycles. The highest BCUT2D eigenvalue weighted by Crippen LogP contribution is 2.29. The van der Waals surface area contributed by atoms with Crippen LogP contribution in [0, 0.1) is 4.91 Å². The van der Waals surface area contributed by atoms with Gasteiger partial charge in [0.1, 0.15) is 6.73 Å². The van der Waals surface area contributed by atoms with Crippen LogP contribution in [-0.4, -0.2) is 24.8 Å². The van der Waals surface area contributed by atoms with Crippen molar-refractivity contribution in [3.63, 3.8) is 0 Å². The third-order valence-corrected chi connectivity index (χ3v) is 5.47. The van der Waals surface area contributed by atoms with Crippen LogP contribution in [0.15, 0.2) is 44.4 Å². The van der Waals surface area contributed by atoms with Crippen LogP contribution >= 0.6 is 0 Å². The van der Waals surface area contributed by atoms with Gasteiger partial charge in [0.05, 0.1) is 30.5 Å². The number of carbonyl (C=O) groups is 1. The van der Waals surface area contributed by atoms with Crippen LogP contribution < -0.4 is 5.32 Å². The maximum absolute atomic E-state index is 13.4. The lowest BCUT2D eigenvalue weighted by Crippen LogP contribution is -2.39. The van der Waals surface area contributed by atoms with Crippen LogP contribution in [0.25, 0.3) is 36.9 Å². The van der Waals surface area contributed by atoms with Gasteiger partial charge in [-0.15, -0.1) is 4.91 Å². The largest absolute Gasteiger partial charge is 0.372 e. The fourth-order valence-electron chi connectivity index (χ4n) is 3.81. The molecule has 0 heterocycles. The number of amides is 1. The monoisotopic (exact) mass is 467 g/mol. The van der Waals surface area contributed by atoms with Gasteiger partial charge in [-0.1, -0.05) is 40.5 Å². The molecule has 0 bridgehead atoms. The molecular weight excluding hydrogens is 442 g/mol. The smallest absolute Gasteiger partial charge is 0.254 e. The Hall–Kier alpha value is -4.08. The van der Waals surface area contributed by atoms with E-state index in [0.29, 0.717) is 42.4 Å². The second-order valence-electron chi connectivity index (χ2n) is 7.51. The van der Waals surface area contributed by atoms with Gasteiger partial charge in [-0.25, -0.2) is 0 Å². The zero-order valence-electron chi connectivity index (χ0n) is 18.7. The van der Waals surface area contributed by atoms with E-state index in [1.807, 2.05) is 0 Å². The molecule has 1 saturated carbocycles. The van der Waals surface area contributed by atoms with E-state index in [1.54, 1.807) is 25.1 Å². The zero-order valence-corrected chi connectivity index (χ0v) is 18.7. The highest BCUT2D eigenvalue weighted by molar-refractivity contribution is 6.21. The van der Waals surface area contributed by atoms with Gasteiger partial charge in [0, 0.05) is 20.8 Å². The molecule has 0 radical (unpaired) electrons. The molecule has 2 rings (SSSR count). The summed E-state index contributed by atoms with van der Waals surface area (Å²) in [6.07, 6.45) is 2.83. The van der Waals surface area contributed by atoms with Gasteiger partial charge in [-0.3, -0.25) is 4.79 Å². The molecule has 1 N–H and O–H groups in total. The summed E-state index contributed by atoms with van der Waals surface area (Å²) in [6.45, 7) is 1.70. The van der Waals surface area contributed by atoms with Crippen LogP contribution in [-0.2, 0) is 22.6 Å². The summed E-state index contributed by atoms with van der Waals surface area (Å²) in [4.78, 5) is 33.2. The van der Waals surface area contributed by atoms with Crippen molar-refractivity contribution in [2.24, 2.45) is 20.5 Å². The van der Waals surface area contributed by atoms with Crippen molar-refractivity contribution in [1.29, 1.82) is 0 Å². The summed E-state index contributed by atoms with van der Waals surface area (Å²) in [5.74, 6) is -0.460. The van der Waals surface area contributed by atoms with Crippen molar-refractivity contribution < 1.29 is 9.53 Å². The number of nitroso groups, excluding NO2 is 1. The zero-order chi connectivity index (χ0) is 24.8. The number of hydrogen-bond acceptors (Lipinski definition) is 7. The first kappa shape index (κ1) is 26.2. The van der Waals surface area contributed by atoms with E-state index >= 15 is 0 Å². The molecule has 34 heavy (non-hydrogen) atoms. The summed E-state index contributed by atoms with van der Waals surface area (Å²) in [7, 11) is 0. The molecule has 1 amide bonds. The maximum atomic E-state index is 13.4. The Morgan fingerprint density at radius 3 is 2.35 bits per heavy atom. The number of carbonyl (C=O) groups excluding carboxylic acids is 1. The van der Waals surface area contributed by atoms with Crippen LogP contribution in [0.1, 0.15) is 55.7 Å². The first-order chi connectivity index (χ1) is 16.6. The molecule has 0 unspecified atom stereocenters. The van der Waals surface area contributed by atoms with E-state index in [9.17, 15) is 9.70 Å². The minimum absolute atomic E-state index is 0.0317. The molecule has 1 fully saturated rings. The third kappa shape index (κ3) is 7.51. The molecule has 0 aromatic heterocycles. The average molecular weight is 467 g/mol. The van der Waals surface area contributed by atoms with Crippen LogP contribution in [0.2, 0.25) is 0 Å². The summed E-state index contributed by atoms with van der Waals surface area (Å²) in [6, 6.07) is 4.88. The van der Waals surface area contributed by atoms with Crippen LogP contribution in [0.4, 0.5) is 0 Å². The Balaban J connectivity index is 2.32. The fourth-order valence-corrected chi connectivity index (χ4v) is 3.81. The van der Waals surface area contributed by atoms with Crippen molar-refractivity contribution in [2.75, 3.05) is 6.73 Å². The lowest BCUT2D eigenvalue weighted by atomic mass is 9.91. The molecule has 1 aromatic rings. The number of ether oxygens (including phenoxy) is 1. The van der Waals surface area contributed by atoms with Gasteiger partial charge in [0.2, 0.25) is 0 Å². The maximum Gasteiger partial charge on any atom is 0.254 e. The Kier molecular flexibility index (Phi) is 10.9. The standard InChI is InChI=1S/C20H25N11O3/c1-2-18(28-33)19(17-9-13(10-24-29-21)3-4-14(17)11-25-30-22)20(32)27-15-5-7-16(8-6-15)34-12-26-31-23/h3-4,9,15-16H,2,5-8,10-12H2,1H3,(H,27,32)/b19-18+/t15-,16+. The number of allylic oxidation sites excluding steroid dienone is 1. The predicted octanol–water partition coefficient (Wildman–Crippen LogP) is 5.91. The van der Waals surface area contributed by atoms with Crippen molar-refractivity contribution in [3.05, 3.63) is 76.8 Å². The highest BCUT2D eigenvalue weighted by atomic mass is 16.5. The minimum atomic E-state index is -0.460. The van der Waals surface area contributed by atoms with Crippen molar-refractivity contribution in [2.45, 2.75) is 64.3 Å². The third-order valence-electron chi connectivity index (χ3n) is 5.47. The number of nitrogens with zero attached hydrogens (tertiary/aromatic N) is 10. The molecular formula is C20H25N11O3. The van der Waals surface area contributed by atoms with E-state index in [-0.39, 0.29) is 49.7 Å². The van der Waals surface area contributed by atoms with Crippen LogP contribution in [0.3, 0.4) is 0 Å². The van der Waals surface area contributed by atoms with E-state index in [0.717, 1.165) is 0 Å². The van der Waals surface area contributed by atoms with Crippen molar-refractivity contribution >= 4 is 11.5 Å². The molecule has 14 nitrogen and oxygen atoms in total. The van der Waals surface area contributed by atoms with Crippen LogP contribution in [0.5, 0.6) is 0 Å². The number of benzene rings is 1. The second-order valence-corrected chi connectivity index (χ2v) is 7.51. The summed E-state index contributed by atoms with van der Waals surface area (Å²) >= 11 is 0. The molecule has 0 aliphatic heterocycles. The van der Waals surface area contributed by atoms with E-state index < -0.39 is 5.91 Å². The Morgan fingerprint density at radius 1 is 1.06 bits per heavy atom. The molecule has 1 aliphatic rings. The first-order valence-electron chi connectivity index (χ1n) is 10.7. The number of azide groups is 3. The summed E-state index contributed by atoms with van der Waals surface area (Å²) in [5.41, 5.74) is 27.5. The number of nitrogens with one attached hydrogen (secondary N) is 1. The lowest BCUT2D eigenvalue weighted by Gasteiger charge is -2.29. The number of hydrogen-bond donors (Lipinski definition) is 1. The molecule has 178 valence electrons. The summed E-state index contributed by atoms with van der Waals surface area (Å²) in [5, 5.41) is 16.6. The Morgan fingerprint density at radius 2 is 1.74 bits per heavy atom. The molecule has 1 aromatic carbocycles. The molecule has 1 aliphatic carbocycles. The highest BCUT2D eigenvalue weighted by Gasteiger charge is 2.27. The topological polar surface area (TPSA) is 214 Å². The van der Waals surface area contributed by atoms with E-state index in [2.05, 4.69) is 40.6 Å². The van der Waals surface area contributed by atoms with Gasteiger partial charge in [0.15, 0.2) is 0 Å².